The summed E-state index contributed by atoms with van der Waals surface area (Å²) in [7, 11) is 1.63. The maximum atomic E-state index is 11.0. The van der Waals surface area contributed by atoms with Gasteiger partial charge in [0.15, 0.2) is 0 Å². The number of carbonyl (C=O) groups excluding carboxylic acids is 1. The molecule has 1 saturated heterocycles. The van der Waals surface area contributed by atoms with Gasteiger partial charge >= 0.3 is 5.69 Å². The Morgan fingerprint density at radius 2 is 2.47 bits per heavy atom. The summed E-state index contributed by atoms with van der Waals surface area (Å²) < 4.78 is 1.39. The van der Waals surface area contributed by atoms with E-state index in [2.05, 4.69) is 15.7 Å². The molecule has 1 aromatic heterocycles. The van der Waals surface area contributed by atoms with Crippen molar-refractivity contribution in [3.63, 3.8) is 0 Å². The third-order valence-corrected chi connectivity index (χ3v) is 2.61. The second-order valence-corrected chi connectivity index (χ2v) is 3.98. The number of rotatable bonds is 3. The summed E-state index contributed by atoms with van der Waals surface area (Å²) in [5, 5.41) is 20.5. The number of piperidine rings is 1. The number of nitro groups is 1. The molecule has 1 aliphatic heterocycles. The van der Waals surface area contributed by atoms with Crippen LogP contribution in [0.5, 0.6) is 0 Å². The molecule has 1 aromatic rings. The van der Waals surface area contributed by atoms with E-state index in [1.165, 1.54) is 10.9 Å². The van der Waals surface area contributed by atoms with Crippen LogP contribution in [-0.4, -0.2) is 33.2 Å². The minimum absolute atomic E-state index is 0.0126. The van der Waals surface area contributed by atoms with Crippen molar-refractivity contribution in [3.05, 3.63) is 16.3 Å². The quantitative estimate of drug-likeness (QED) is 0.571. The van der Waals surface area contributed by atoms with Gasteiger partial charge < -0.3 is 10.6 Å². The van der Waals surface area contributed by atoms with E-state index in [4.69, 9.17) is 0 Å². The zero-order valence-corrected chi connectivity index (χ0v) is 9.34. The summed E-state index contributed by atoms with van der Waals surface area (Å²) in [6, 6.07) is -0.0127. The maximum Gasteiger partial charge on any atom is 0.330 e. The normalized spacial score (nSPS) is 19.8. The summed E-state index contributed by atoms with van der Waals surface area (Å²) >= 11 is 0. The number of aryl methyl sites for hydroxylation is 1. The van der Waals surface area contributed by atoms with E-state index in [9.17, 15) is 14.9 Å². The highest BCUT2D eigenvalue weighted by atomic mass is 16.6. The molecule has 8 heteroatoms. The smallest absolute Gasteiger partial charge is 0.330 e. The fourth-order valence-electron chi connectivity index (χ4n) is 1.76. The minimum atomic E-state index is -0.475. The van der Waals surface area contributed by atoms with Gasteiger partial charge in [-0.1, -0.05) is 0 Å². The first kappa shape index (κ1) is 11.4. The van der Waals surface area contributed by atoms with Gasteiger partial charge in [0.2, 0.25) is 11.7 Å². The number of hydrogen-bond acceptors (Lipinski definition) is 5. The van der Waals surface area contributed by atoms with Crippen molar-refractivity contribution in [3.8, 4) is 0 Å². The van der Waals surface area contributed by atoms with E-state index >= 15 is 0 Å². The predicted octanol–water partition coefficient (Wildman–Crippen LogP) is 0.0188. The number of nitrogens with one attached hydrogen (secondary N) is 2. The summed E-state index contributed by atoms with van der Waals surface area (Å²) in [5.41, 5.74) is -0.0515. The maximum absolute atomic E-state index is 11.0. The van der Waals surface area contributed by atoms with Crippen LogP contribution < -0.4 is 10.6 Å². The minimum Gasteiger partial charge on any atom is -0.358 e. The lowest BCUT2D eigenvalue weighted by Gasteiger charge is -2.22. The van der Waals surface area contributed by atoms with Crippen LogP contribution in [0.1, 0.15) is 12.8 Å². The Morgan fingerprint density at radius 3 is 3.06 bits per heavy atom. The number of carbonyl (C=O) groups is 1. The van der Waals surface area contributed by atoms with Gasteiger partial charge in [-0.05, 0) is 6.42 Å². The van der Waals surface area contributed by atoms with Crippen LogP contribution in [0, 0.1) is 10.1 Å². The Labute approximate surface area is 97.1 Å². The van der Waals surface area contributed by atoms with Gasteiger partial charge in [-0.2, -0.15) is 0 Å². The summed E-state index contributed by atoms with van der Waals surface area (Å²) in [5.74, 6) is 0.261. The zero-order valence-electron chi connectivity index (χ0n) is 9.34. The molecule has 0 aliphatic carbocycles. The molecule has 17 heavy (non-hydrogen) atoms. The zero-order chi connectivity index (χ0) is 12.4. The second kappa shape index (κ2) is 4.40. The summed E-state index contributed by atoms with van der Waals surface area (Å²) in [6.45, 7) is 0.465. The number of nitrogens with zero attached hydrogens (tertiary/aromatic N) is 3. The van der Waals surface area contributed by atoms with Gasteiger partial charge in [0.1, 0.15) is 6.20 Å². The molecule has 2 N–H and O–H groups in total. The highest BCUT2D eigenvalue weighted by molar-refractivity contribution is 5.77. The average molecular weight is 239 g/mol. The lowest BCUT2D eigenvalue weighted by molar-refractivity contribution is -0.384. The molecule has 0 radical (unpaired) electrons. The Bertz CT molecular complexity index is 445. The van der Waals surface area contributed by atoms with E-state index < -0.39 is 4.92 Å². The van der Waals surface area contributed by atoms with E-state index in [0.29, 0.717) is 19.4 Å². The van der Waals surface area contributed by atoms with Crippen LogP contribution in [0.4, 0.5) is 11.5 Å². The molecule has 1 atom stereocenters. The molecule has 0 saturated carbocycles. The number of aromatic nitrogens is 2. The Morgan fingerprint density at radius 1 is 1.71 bits per heavy atom. The van der Waals surface area contributed by atoms with Crippen molar-refractivity contribution >= 4 is 17.4 Å². The highest BCUT2D eigenvalue weighted by Crippen LogP contribution is 2.23. The van der Waals surface area contributed by atoms with Crippen molar-refractivity contribution in [2.45, 2.75) is 18.9 Å². The SMILES string of the molecule is Cn1cc([N+](=O)[O-])c(NC2CCC(=O)NC2)n1. The molecule has 92 valence electrons. The van der Waals surface area contributed by atoms with E-state index in [1.807, 2.05) is 0 Å². The molecule has 2 heterocycles. The van der Waals surface area contributed by atoms with Gasteiger partial charge in [0.05, 0.1) is 4.92 Å². The van der Waals surface area contributed by atoms with Crippen molar-refractivity contribution < 1.29 is 9.72 Å². The van der Waals surface area contributed by atoms with Gasteiger partial charge in [0.25, 0.3) is 0 Å². The molecule has 8 nitrogen and oxygen atoms in total. The molecule has 1 unspecified atom stereocenters. The lowest BCUT2D eigenvalue weighted by Crippen LogP contribution is -2.42. The van der Waals surface area contributed by atoms with Crippen molar-refractivity contribution in [2.75, 3.05) is 11.9 Å². The van der Waals surface area contributed by atoms with Crippen LogP contribution in [0.25, 0.3) is 0 Å². The highest BCUT2D eigenvalue weighted by Gasteiger charge is 2.24. The molecule has 1 fully saturated rings. The molecular formula is C9H13N5O3. The van der Waals surface area contributed by atoms with Crippen LogP contribution >= 0.6 is 0 Å². The molecule has 0 bridgehead atoms. The van der Waals surface area contributed by atoms with Gasteiger partial charge in [-0.15, -0.1) is 5.10 Å². The fourth-order valence-corrected chi connectivity index (χ4v) is 1.76. The lowest BCUT2D eigenvalue weighted by atomic mass is 10.1. The molecular weight excluding hydrogens is 226 g/mol. The Hall–Kier alpha value is -2.12. The third kappa shape index (κ3) is 2.52. The first-order valence-corrected chi connectivity index (χ1v) is 5.27. The van der Waals surface area contributed by atoms with Crippen LogP contribution in [0.2, 0.25) is 0 Å². The number of hydrogen-bond donors (Lipinski definition) is 2. The molecule has 1 amide bonds. The van der Waals surface area contributed by atoms with Crippen LogP contribution in [0.3, 0.4) is 0 Å². The van der Waals surface area contributed by atoms with Gasteiger partial charge in [0, 0.05) is 26.1 Å². The fraction of sp³-hybridized carbons (Fsp3) is 0.556. The number of anilines is 1. The topological polar surface area (TPSA) is 102 Å². The van der Waals surface area contributed by atoms with E-state index in [-0.39, 0.29) is 23.5 Å². The average Bonchev–Trinajstić information content (AvgIpc) is 2.63. The Balaban J connectivity index is 2.08. The molecule has 1 aliphatic rings. The number of amides is 1. The second-order valence-electron chi connectivity index (χ2n) is 3.98. The van der Waals surface area contributed by atoms with Gasteiger partial charge in [-0.25, -0.2) is 0 Å². The van der Waals surface area contributed by atoms with Crippen molar-refractivity contribution in [2.24, 2.45) is 7.05 Å². The first-order valence-electron chi connectivity index (χ1n) is 5.27. The van der Waals surface area contributed by atoms with E-state index in [1.54, 1.807) is 7.05 Å². The van der Waals surface area contributed by atoms with Gasteiger partial charge in [-0.3, -0.25) is 19.6 Å². The third-order valence-electron chi connectivity index (χ3n) is 2.61. The molecule has 0 aromatic carbocycles. The largest absolute Gasteiger partial charge is 0.358 e. The van der Waals surface area contributed by atoms with Crippen LogP contribution in [0.15, 0.2) is 6.20 Å². The molecule has 2 rings (SSSR count). The van der Waals surface area contributed by atoms with Crippen molar-refractivity contribution in [1.82, 2.24) is 15.1 Å². The summed E-state index contributed by atoms with van der Waals surface area (Å²) in [4.78, 5) is 21.3. The predicted molar refractivity (Wildman–Crippen MR) is 59.5 cm³/mol. The van der Waals surface area contributed by atoms with Crippen LogP contribution in [-0.2, 0) is 11.8 Å². The Kier molecular flexibility index (Phi) is 2.94. The standard InChI is InChI=1S/C9H13N5O3/c1-13-5-7(14(16)17)9(12-13)11-6-2-3-8(15)10-4-6/h5-6H,2-4H2,1H3,(H,10,15)(H,11,12). The summed E-state index contributed by atoms with van der Waals surface area (Å²) in [6.07, 6.45) is 2.43. The van der Waals surface area contributed by atoms with E-state index in [0.717, 1.165) is 0 Å². The van der Waals surface area contributed by atoms with Crippen molar-refractivity contribution in [1.29, 1.82) is 0 Å². The first-order chi connectivity index (χ1) is 8.06. The monoisotopic (exact) mass is 239 g/mol. The molecule has 0 spiro atoms.